The molecule has 0 fully saturated rings. The van der Waals surface area contributed by atoms with Gasteiger partial charge in [-0.3, -0.25) is 0 Å². The summed E-state index contributed by atoms with van der Waals surface area (Å²) >= 11 is 0. The van der Waals surface area contributed by atoms with Crippen LogP contribution in [0.1, 0.15) is 47.0 Å². The van der Waals surface area contributed by atoms with E-state index < -0.39 is 0 Å². The lowest BCUT2D eigenvalue weighted by atomic mass is 9.87. The molecule has 0 aromatic heterocycles. The smallest absolute Gasteiger partial charge is 0.0210 e. The summed E-state index contributed by atoms with van der Waals surface area (Å²) in [7, 11) is 0. The molecule has 66 valence electrons. The van der Waals surface area contributed by atoms with E-state index in [4.69, 9.17) is 0 Å². The van der Waals surface area contributed by atoms with Crippen molar-refractivity contribution in [2.75, 3.05) is 0 Å². The third-order valence-corrected chi connectivity index (χ3v) is 2.15. The SMILES string of the molecule is CC.CC(C)C1C=CCCC1. The van der Waals surface area contributed by atoms with Gasteiger partial charge in [-0.15, -0.1) is 0 Å². The molecule has 1 rings (SSSR count). The molecule has 0 nitrogen and oxygen atoms in total. The second-order valence-corrected chi connectivity index (χ2v) is 3.27. The lowest BCUT2D eigenvalue weighted by Gasteiger charge is -2.19. The first-order valence-electron chi connectivity index (χ1n) is 4.97. The third kappa shape index (κ3) is 4.23. The van der Waals surface area contributed by atoms with Crippen LogP contribution in [-0.2, 0) is 0 Å². The zero-order valence-electron chi connectivity index (χ0n) is 8.43. The van der Waals surface area contributed by atoms with E-state index in [0.717, 1.165) is 11.8 Å². The molecule has 1 unspecified atom stereocenters. The Balaban J connectivity index is 0.000000461. The fourth-order valence-corrected chi connectivity index (χ4v) is 1.39. The Morgan fingerprint density at radius 2 is 1.91 bits per heavy atom. The molecule has 1 aliphatic carbocycles. The first-order valence-corrected chi connectivity index (χ1v) is 4.97. The number of hydrogen-bond donors (Lipinski definition) is 0. The Morgan fingerprint density at radius 3 is 2.18 bits per heavy atom. The largest absolute Gasteiger partial charge is 0.0882 e. The Bertz CT molecular complexity index is 101. The van der Waals surface area contributed by atoms with Crippen LogP contribution in [0, 0.1) is 11.8 Å². The van der Waals surface area contributed by atoms with E-state index in [1.165, 1.54) is 19.3 Å². The molecular weight excluding hydrogens is 132 g/mol. The van der Waals surface area contributed by atoms with Gasteiger partial charge in [-0.05, 0) is 31.1 Å². The average Bonchev–Trinajstić information content (AvgIpc) is 2.10. The molecule has 0 spiro atoms. The minimum Gasteiger partial charge on any atom is -0.0882 e. The van der Waals surface area contributed by atoms with Gasteiger partial charge >= 0.3 is 0 Å². The second-order valence-electron chi connectivity index (χ2n) is 3.27. The molecule has 0 saturated carbocycles. The molecule has 11 heavy (non-hydrogen) atoms. The zero-order valence-corrected chi connectivity index (χ0v) is 8.43. The zero-order chi connectivity index (χ0) is 8.69. The van der Waals surface area contributed by atoms with E-state index in [-0.39, 0.29) is 0 Å². The van der Waals surface area contributed by atoms with Crippen LogP contribution >= 0.6 is 0 Å². The van der Waals surface area contributed by atoms with Crippen LogP contribution < -0.4 is 0 Å². The van der Waals surface area contributed by atoms with Crippen molar-refractivity contribution in [3.05, 3.63) is 12.2 Å². The summed E-state index contributed by atoms with van der Waals surface area (Å²) in [5.41, 5.74) is 0. The van der Waals surface area contributed by atoms with E-state index in [0.29, 0.717) is 0 Å². The maximum Gasteiger partial charge on any atom is -0.0210 e. The number of rotatable bonds is 1. The maximum absolute atomic E-state index is 2.38. The van der Waals surface area contributed by atoms with Crippen molar-refractivity contribution in [2.24, 2.45) is 11.8 Å². The van der Waals surface area contributed by atoms with Crippen molar-refractivity contribution in [1.82, 2.24) is 0 Å². The van der Waals surface area contributed by atoms with Crippen molar-refractivity contribution in [3.8, 4) is 0 Å². The fourth-order valence-electron chi connectivity index (χ4n) is 1.39. The highest BCUT2D eigenvalue weighted by atomic mass is 14.2. The van der Waals surface area contributed by atoms with E-state index in [9.17, 15) is 0 Å². The lowest BCUT2D eigenvalue weighted by Crippen LogP contribution is -2.07. The van der Waals surface area contributed by atoms with Gasteiger partial charge in [0, 0.05) is 0 Å². The molecule has 0 heterocycles. The van der Waals surface area contributed by atoms with Gasteiger partial charge in [-0.2, -0.15) is 0 Å². The minimum absolute atomic E-state index is 0.849. The first-order chi connectivity index (χ1) is 5.30. The van der Waals surface area contributed by atoms with E-state index in [1.807, 2.05) is 13.8 Å². The van der Waals surface area contributed by atoms with Crippen LogP contribution in [0.3, 0.4) is 0 Å². The van der Waals surface area contributed by atoms with Crippen LogP contribution in [0.2, 0.25) is 0 Å². The van der Waals surface area contributed by atoms with Crippen LogP contribution in [0.15, 0.2) is 12.2 Å². The maximum atomic E-state index is 2.38. The lowest BCUT2D eigenvalue weighted by molar-refractivity contribution is 0.412. The second kappa shape index (κ2) is 6.45. The highest BCUT2D eigenvalue weighted by Crippen LogP contribution is 2.23. The Kier molecular flexibility index (Phi) is 6.30. The van der Waals surface area contributed by atoms with Crippen molar-refractivity contribution in [1.29, 1.82) is 0 Å². The molecule has 0 N–H and O–H groups in total. The van der Waals surface area contributed by atoms with Gasteiger partial charge in [0.2, 0.25) is 0 Å². The highest BCUT2D eigenvalue weighted by molar-refractivity contribution is 4.93. The summed E-state index contributed by atoms with van der Waals surface area (Å²) in [5.74, 6) is 1.72. The van der Waals surface area contributed by atoms with Crippen molar-refractivity contribution < 1.29 is 0 Å². The number of hydrogen-bond acceptors (Lipinski definition) is 0. The van der Waals surface area contributed by atoms with Crippen molar-refractivity contribution >= 4 is 0 Å². The molecular formula is C11H22. The monoisotopic (exact) mass is 154 g/mol. The minimum atomic E-state index is 0.849. The summed E-state index contributed by atoms with van der Waals surface area (Å²) in [6.07, 6.45) is 8.83. The van der Waals surface area contributed by atoms with Crippen molar-refractivity contribution in [3.63, 3.8) is 0 Å². The van der Waals surface area contributed by atoms with Crippen molar-refractivity contribution in [2.45, 2.75) is 47.0 Å². The van der Waals surface area contributed by atoms with Gasteiger partial charge in [-0.1, -0.05) is 39.8 Å². The number of allylic oxidation sites excluding steroid dienone is 2. The molecule has 0 aromatic carbocycles. The summed E-state index contributed by atoms with van der Waals surface area (Å²) in [4.78, 5) is 0. The highest BCUT2D eigenvalue weighted by Gasteiger charge is 2.10. The fraction of sp³-hybridized carbons (Fsp3) is 0.818. The normalized spacial score (nSPS) is 22.8. The molecule has 0 saturated heterocycles. The summed E-state index contributed by atoms with van der Waals surface area (Å²) in [5, 5.41) is 0. The first kappa shape index (κ1) is 10.7. The van der Waals surface area contributed by atoms with Crippen LogP contribution in [0.25, 0.3) is 0 Å². The van der Waals surface area contributed by atoms with Gasteiger partial charge in [0.1, 0.15) is 0 Å². The van der Waals surface area contributed by atoms with Gasteiger partial charge in [0.15, 0.2) is 0 Å². The third-order valence-electron chi connectivity index (χ3n) is 2.15. The summed E-state index contributed by atoms with van der Waals surface area (Å²) in [6, 6.07) is 0. The Labute approximate surface area is 71.7 Å². The summed E-state index contributed by atoms with van der Waals surface area (Å²) in [6.45, 7) is 8.61. The van der Waals surface area contributed by atoms with Gasteiger partial charge < -0.3 is 0 Å². The quantitative estimate of drug-likeness (QED) is 0.500. The molecule has 0 bridgehead atoms. The van der Waals surface area contributed by atoms with Crippen LogP contribution in [-0.4, -0.2) is 0 Å². The molecule has 0 heteroatoms. The Morgan fingerprint density at radius 1 is 1.27 bits per heavy atom. The molecule has 0 aromatic rings. The Hall–Kier alpha value is -0.260. The molecule has 0 aliphatic heterocycles. The molecule has 1 atom stereocenters. The summed E-state index contributed by atoms with van der Waals surface area (Å²) < 4.78 is 0. The van der Waals surface area contributed by atoms with Crippen LogP contribution in [0.5, 0.6) is 0 Å². The molecule has 0 radical (unpaired) electrons. The van der Waals surface area contributed by atoms with E-state index >= 15 is 0 Å². The molecule has 1 aliphatic rings. The average molecular weight is 154 g/mol. The topological polar surface area (TPSA) is 0 Å². The van der Waals surface area contributed by atoms with Crippen LogP contribution in [0.4, 0.5) is 0 Å². The standard InChI is InChI=1S/C9H16.C2H6/c1-8(2)9-6-4-3-5-7-9;1-2/h4,6,8-9H,3,5,7H2,1-2H3;1-2H3. The van der Waals surface area contributed by atoms with E-state index in [1.54, 1.807) is 0 Å². The van der Waals surface area contributed by atoms with Gasteiger partial charge in [0.25, 0.3) is 0 Å². The molecule has 0 amide bonds. The van der Waals surface area contributed by atoms with Gasteiger partial charge in [-0.25, -0.2) is 0 Å². The van der Waals surface area contributed by atoms with E-state index in [2.05, 4.69) is 26.0 Å². The predicted octanol–water partition coefficient (Wildman–Crippen LogP) is 4.02. The van der Waals surface area contributed by atoms with Gasteiger partial charge in [0.05, 0.1) is 0 Å². The predicted molar refractivity (Wildman–Crippen MR) is 52.7 cm³/mol.